The van der Waals surface area contributed by atoms with E-state index in [-0.39, 0.29) is 13.2 Å². The summed E-state index contributed by atoms with van der Waals surface area (Å²) in [4.78, 5) is 4.32. The van der Waals surface area contributed by atoms with Gasteiger partial charge in [-0.1, -0.05) is 25.0 Å². The van der Waals surface area contributed by atoms with Crippen LogP contribution < -0.4 is 5.32 Å². The Morgan fingerprint density at radius 3 is 2.50 bits per heavy atom. The second-order valence-electron chi connectivity index (χ2n) is 9.17. The van der Waals surface area contributed by atoms with Crippen LogP contribution in [0.2, 0.25) is 0 Å². The molecule has 4 atom stereocenters. The fourth-order valence-corrected chi connectivity index (χ4v) is 4.69. The maximum absolute atomic E-state index is 10.1. The molecule has 5 N–H and O–H groups in total. The van der Waals surface area contributed by atoms with E-state index in [1.807, 2.05) is 4.90 Å². The van der Waals surface area contributed by atoms with Gasteiger partial charge in [0.25, 0.3) is 0 Å². The van der Waals surface area contributed by atoms with E-state index < -0.39 is 24.4 Å². The number of aliphatic hydroxyl groups excluding tert-OH is 4. The molecule has 182 valence electrons. The van der Waals surface area contributed by atoms with E-state index in [4.69, 9.17) is 4.74 Å². The Kier molecular flexibility index (Phi) is 10.2. The van der Waals surface area contributed by atoms with Crippen LogP contribution in [0.4, 0.5) is 5.69 Å². The van der Waals surface area contributed by atoms with Gasteiger partial charge < -0.3 is 30.5 Å². The summed E-state index contributed by atoms with van der Waals surface area (Å²) in [5.41, 5.74) is 3.81. The molecule has 0 bridgehead atoms. The maximum Gasteiger partial charge on any atom is 0.109 e. The number of nitrogens with one attached hydrogen (secondary N) is 1. The molecule has 1 aromatic rings. The van der Waals surface area contributed by atoms with Crippen molar-refractivity contribution >= 4 is 5.69 Å². The van der Waals surface area contributed by atoms with Crippen LogP contribution in [0.25, 0.3) is 0 Å². The Balaban J connectivity index is 1.31. The number of aliphatic hydroxyl groups is 4. The van der Waals surface area contributed by atoms with E-state index in [2.05, 4.69) is 35.3 Å². The number of benzene rings is 1. The molecule has 2 aliphatic heterocycles. The summed E-state index contributed by atoms with van der Waals surface area (Å²) >= 11 is 0. The van der Waals surface area contributed by atoms with E-state index in [0.717, 1.165) is 65.1 Å². The summed E-state index contributed by atoms with van der Waals surface area (Å²) in [6.45, 7) is 8.47. The van der Waals surface area contributed by atoms with Gasteiger partial charge in [-0.3, -0.25) is 9.80 Å². The summed E-state index contributed by atoms with van der Waals surface area (Å²) in [6, 6.07) is 6.15. The molecular formula is C24H41N3O5. The number of rotatable bonds is 11. The minimum absolute atomic E-state index is 0.223. The summed E-state index contributed by atoms with van der Waals surface area (Å²) in [5.74, 6) is 0. The Morgan fingerprint density at radius 1 is 1.03 bits per heavy atom. The Hall–Kier alpha value is -1.26. The SMILES string of the molecule is Cc1cc(CN2CCOCC2)ccc1NCCCCCCN1C[C@H](O)[C@@H](O)[C@H](O)[C@H]1CO. The highest BCUT2D eigenvalue weighted by atomic mass is 16.5. The van der Waals surface area contributed by atoms with Gasteiger partial charge in [0.05, 0.1) is 32.0 Å². The van der Waals surface area contributed by atoms with Crippen molar-refractivity contribution in [2.24, 2.45) is 0 Å². The van der Waals surface area contributed by atoms with Crippen LogP contribution in [0.3, 0.4) is 0 Å². The van der Waals surface area contributed by atoms with E-state index in [1.165, 1.54) is 16.8 Å². The van der Waals surface area contributed by atoms with Crippen LogP contribution in [0.1, 0.15) is 36.8 Å². The predicted molar refractivity (Wildman–Crippen MR) is 125 cm³/mol. The molecule has 2 fully saturated rings. The Bertz CT molecular complexity index is 686. The van der Waals surface area contributed by atoms with Crippen LogP contribution in [-0.2, 0) is 11.3 Å². The lowest BCUT2D eigenvalue weighted by Gasteiger charge is -2.43. The van der Waals surface area contributed by atoms with Crippen molar-refractivity contribution < 1.29 is 25.2 Å². The molecular weight excluding hydrogens is 410 g/mol. The standard InChI is InChI=1S/C24H41N3O5/c1-18-14-19(15-26-10-12-32-13-11-26)6-7-20(18)25-8-4-2-3-5-9-27-16-22(29)24(31)23(30)21(27)17-28/h6-7,14,21-25,28-31H,2-5,8-13,15-17H2,1H3/t21-,22+,23-,24-/m1/s1. The summed E-state index contributed by atoms with van der Waals surface area (Å²) < 4.78 is 5.42. The third-order valence-electron chi connectivity index (χ3n) is 6.70. The molecule has 0 unspecified atom stereocenters. The van der Waals surface area contributed by atoms with Crippen molar-refractivity contribution in [1.82, 2.24) is 9.80 Å². The molecule has 0 radical (unpaired) electrons. The predicted octanol–water partition coefficient (Wildman–Crippen LogP) is 0.559. The van der Waals surface area contributed by atoms with E-state index in [9.17, 15) is 20.4 Å². The number of ether oxygens (including phenoxy) is 1. The van der Waals surface area contributed by atoms with Crippen LogP contribution in [-0.4, -0.2) is 107 Å². The topological polar surface area (TPSA) is 109 Å². The number of hydrogen-bond donors (Lipinski definition) is 5. The van der Waals surface area contributed by atoms with Crippen LogP contribution in [0, 0.1) is 6.92 Å². The zero-order chi connectivity index (χ0) is 22.9. The minimum Gasteiger partial charge on any atom is -0.395 e. The Morgan fingerprint density at radius 2 is 1.78 bits per heavy atom. The largest absolute Gasteiger partial charge is 0.395 e. The fraction of sp³-hybridized carbons (Fsp3) is 0.750. The number of β-amino-alcohol motifs (C(OH)–C–C–N with tert-alkyl or cyclic N) is 1. The van der Waals surface area contributed by atoms with E-state index >= 15 is 0 Å². The highest BCUT2D eigenvalue weighted by molar-refractivity contribution is 5.52. The fourth-order valence-electron chi connectivity index (χ4n) is 4.69. The van der Waals surface area contributed by atoms with Gasteiger partial charge in [-0.2, -0.15) is 0 Å². The lowest BCUT2D eigenvalue weighted by atomic mass is 9.94. The number of piperidine rings is 1. The lowest BCUT2D eigenvalue weighted by Crippen LogP contribution is -2.62. The number of unbranched alkanes of at least 4 members (excludes halogenated alkanes) is 3. The van der Waals surface area contributed by atoms with Crippen molar-refractivity contribution in [3.05, 3.63) is 29.3 Å². The highest BCUT2D eigenvalue weighted by Crippen LogP contribution is 2.20. The molecule has 2 saturated heterocycles. The molecule has 1 aromatic carbocycles. The Labute approximate surface area is 191 Å². The third kappa shape index (κ3) is 7.12. The van der Waals surface area contributed by atoms with Crippen molar-refractivity contribution in [2.45, 2.75) is 63.5 Å². The van der Waals surface area contributed by atoms with Crippen molar-refractivity contribution in [3.8, 4) is 0 Å². The molecule has 8 nitrogen and oxygen atoms in total. The number of hydrogen-bond acceptors (Lipinski definition) is 8. The van der Waals surface area contributed by atoms with Crippen molar-refractivity contribution in [3.63, 3.8) is 0 Å². The zero-order valence-corrected chi connectivity index (χ0v) is 19.3. The number of anilines is 1. The number of likely N-dealkylation sites (tertiary alicyclic amines) is 1. The van der Waals surface area contributed by atoms with Gasteiger partial charge in [0.2, 0.25) is 0 Å². The van der Waals surface area contributed by atoms with E-state index in [1.54, 1.807) is 0 Å². The van der Waals surface area contributed by atoms with Crippen molar-refractivity contribution in [1.29, 1.82) is 0 Å². The normalized spacial score (nSPS) is 27.5. The van der Waals surface area contributed by atoms with Gasteiger partial charge in [0, 0.05) is 38.4 Å². The molecule has 0 spiro atoms. The molecule has 32 heavy (non-hydrogen) atoms. The van der Waals surface area contributed by atoms with Gasteiger partial charge in [-0.05, 0) is 43.5 Å². The molecule has 2 aliphatic rings. The first-order valence-electron chi connectivity index (χ1n) is 12.0. The summed E-state index contributed by atoms with van der Waals surface area (Å²) in [5, 5.41) is 42.8. The van der Waals surface area contributed by atoms with Crippen LogP contribution in [0.15, 0.2) is 18.2 Å². The zero-order valence-electron chi connectivity index (χ0n) is 19.3. The minimum atomic E-state index is -1.19. The molecule has 0 amide bonds. The van der Waals surface area contributed by atoms with E-state index in [0.29, 0.717) is 6.54 Å². The average Bonchev–Trinajstić information content (AvgIpc) is 2.79. The molecule has 8 heteroatoms. The number of nitrogens with zero attached hydrogens (tertiary/aromatic N) is 2. The van der Waals surface area contributed by atoms with Crippen LogP contribution >= 0.6 is 0 Å². The van der Waals surface area contributed by atoms with Gasteiger partial charge in [-0.15, -0.1) is 0 Å². The first-order valence-corrected chi connectivity index (χ1v) is 12.0. The first-order chi connectivity index (χ1) is 15.5. The molecule has 0 aliphatic carbocycles. The monoisotopic (exact) mass is 451 g/mol. The van der Waals surface area contributed by atoms with Crippen LogP contribution in [0.5, 0.6) is 0 Å². The quantitative estimate of drug-likeness (QED) is 0.311. The maximum atomic E-state index is 10.1. The second kappa shape index (κ2) is 12.8. The molecule has 3 rings (SSSR count). The first kappa shape index (κ1) is 25.4. The van der Waals surface area contributed by atoms with Gasteiger partial charge in [0.1, 0.15) is 12.2 Å². The highest BCUT2D eigenvalue weighted by Gasteiger charge is 2.40. The third-order valence-corrected chi connectivity index (χ3v) is 6.70. The van der Waals surface area contributed by atoms with Gasteiger partial charge in [0.15, 0.2) is 0 Å². The lowest BCUT2D eigenvalue weighted by molar-refractivity contribution is -0.145. The molecule has 0 saturated carbocycles. The molecule has 2 heterocycles. The average molecular weight is 452 g/mol. The summed E-state index contributed by atoms with van der Waals surface area (Å²) in [6.07, 6.45) is 0.863. The van der Waals surface area contributed by atoms with Gasteiger partial charge >= 0.3 is 0 Å². The number of aryl methyl sites for hydroxylation is 1. The molecule has 0 aromatic heterocycles. The number of morpholine rings is 1. The van der Waals surface area contributed by atoms with Gasteiger partial charge in [-0.25, -0.2) is 0 Å². The smallest absolute Gasteiger partial charge is 0.109 e. The van der Waals surface area contributed by atoms with Crippen molar-refractivity contribution in [2.75, 3.05) is 57.9 Å². The summed E-state index contributed by atoms with van der Waals surface area (Å²) in [7, 11) is 0. The second-order valence-corrected chi connectivity index (χ2v) is 9.17.